The van der Waals surface area contributed by atoms with Crippen LogP contribution in [-0.2, 0) is 4.74 Å². The fourth-order valence-corrected chi connectivity index (χ4v) is 2.25. The molecule has 104 valence electrons. The van der Waals surface area contributed by atoms with Crippen LogP contribution in [0.3, 0.4) is 0 Å². The van der Waals surface area contributed by atoms with Crippen LogP contribution in [0.4, 0.5) is 5.69 Å². The normalized spacial score (nSPS) is 22.9. The minimum Gasteiger partial charge on any atom is -0.378 e. The van der Waals surface area contributed by atoms with Crippen LogP contribution in [0.1, 0.15) is 35.8 Å². The van der Waals surface area contributed by atoms with Gasteiger partial charge in [-0.3, -0.25) is 15.6 Å². The molecular formula is C13H20N4O2. The second kappa shape index (κ2) is 5.99. The lowest BCUT2D eigenvalue weighted by atomic mass is 10.0. The maximum Gasteiger partial charge on any atom is 0.255 e. The van der Waals surface area contributed by atoms with Gasteiger partial charge in [0, 0.05) is 24.5 Å². The molecule has 0 bridgehead atoms. The summed E-state index contributed by atoms with van der Waals surface area (Å²) in [6.07, 6.45) is 3.39. The van der Waals surface area contributed by atoms with Gasteiger partial charge in [-0.1, -0.05) is 0 Å². The quantitative estimate of drug-likeness (QED) is 0.559. The summed E-state index contributed by atoms with van der Waals surface area (Å²) in [5.41, 5.74) is 4.40. The summed E-state index contributed by atoms with van der Waals surface area (Å²) >= 11 is 0. The zero-order valence-electron chi connectivity index (χ0n) is 11.3. The topological polar surface area (TPSA) is 89.3 Å². The first-order chi connectivity index (χ1) is 9.10. The largest absolute Gasteiger partial charge is 0.378 e. The minimum atomic E-state index is -0.153. The summed E-state index contributed by atoms with van der Waals surface area (Å²) in [7, 11) is 0. The number of nitrogen functional groups attached to an aromatic ring is 1. The Morgan fingerprint density at radius 3 is 3.05 bits per heavy atom. The fraction of sp³-hybridized carbons (Fsp3) is 0.538. The summed E-state index contributed by atoms with van der Waals surface area (Å²) < 4.78 is 5.46. The number of nitrogens with one attached hydrogen (secondary N) is 2. The van der Waals surface area contributed by atoms with Gasteiger partial charge >= 0.3 is 0 Å². The Bertz CT molecular complexity index is 464. The van der Waals surface area contributed by atoms with Crippen LogP contribution in [0.5, 0.6) is 0 Å². The van der Waals surface area contributed by atoms with Gasteiger partial charge in [-0.05, 0) is 32.8 Å². The predicted molar refractivity (Wildman–Crippen MR) is 72.7 cm³/mol. The number of hydrazine groups is 1. The molecule has 1 aromatic heterocycles. The van der Waals surface area contributed by atoms with Gasteiger partial charge in [-0.15, -0.1) is 0 Å². The van der Waals surface area contributed by atoms with Crippen LogP contribution < -0.4 is 16.6 Å². The molecule has 0 aromatic carbocycles. The van der Waals surface area contributed by atoms with Crippen molar-refractivity contribution in [1.29, 1.82) is 0 Å². The molecule has 2 unspecified atom stereocenters. The number of carbonyl (C=O) groups excluding carboxylic acids is 1. The number of aryl methyl sites for hydroxylation is 1. The van der Waals surface area contributed by atoms with E-state index < -0.39 is 0 Å². The second-order valence-electron chi connectivity index (χ2n) is 4.89. The molecule has 6 nitrogen and oxygen atoms in total. The molecule has 4 N–H and O–H groups in total. The third-order valence-electron chi connectivity index (χ3n) is 3.26. The van der Waals surface area contributed by atoms with Crippen molar-refractivity contribution in [3.05, 3.63) is 23.5 Å². The van der Waals surface area contributed by atoms with E-state index in [0.29, 0.717) is 17.9 Å². The lowest BCUT2D eigenvalue weighted by Gasteiger charge is -2.28. The van der Waals surface area contributed by atoms with Gasteiger partial charge in [0.1, 0.15) is 0 Å². The number of nitrogens with zero attached hydrogens (tertiary/aromatic N) is 1. The van der Waals surface area contributed by atoms with E-state index in [2.05, 4.69) is 15.7 Å². The molecule has 1 saturated heterocycles. The van der Waals surface area contributed by atoms with Crippen molar-refractivity contribution >= 4 is 11.6 Å². The van der Waals surface area contributed by atoms with Crippen molar-refractivity contribution in [2.75, 3.05) is 12.0 Å². The van der Waals surface area contributed by atoms with E-state index in [1.807, 2.05) is 13.8 Å². The van der Waals surface area contributed by atoms with Crippen molar-refractivity contribution in [2.45, 2.75) is 38.8 Å². The highest BCUT2D eigenvalue weighted by Gasteiger charge is 2.22. The maximum absolute atomic E-state index is 12.2. The second-order valence-corrected chi connectivity index (χ2v) is 4.89. The molecule has 1 aliphatic rings. The van der Waals surface area contributed by atoms with Crippen LogP contribution in [0.15, 0.2) is 12.3 Å². The zero-order chi connectivity index (χ0) is 13.8. The number of amides is 1. The molecule has 2 atom stereocenters. The highest BCUT2D eigenvalue weighted by atomic mass is 16.5. The number of hydrogen-bond acceptors (Lipinski definition) is 5. The van der Waals surface area contributed by atoms with Gasteiger partial charge in [-0.25, -0.2) is 0 Å². The van der Waals surface area contributed by atoms with Crippen molar-refractivity contribution in [3.8, 4) is 0 Å². The third-order valence-corrected chi connectivity index (χ3v) is 3.26. The first kappa shape index (κ1) is 13.8. The first-order valence-electron chi connectivity index (χ1n) is 6.46. The molecule has 2 heterocycles. The van der Waals surface area contributed by atoms with E-state index in [1.165, 1.54) is 0 Å². The average molecular weight is 264 g/mol. The zero-order valence-corrected chi connectivity index (χ0v) is 11.3. The molecule has 1 aliphatic heterocycles. The Labute approximate surface area is 112 Å². The van der Waals surface area contributed by atoms with Gasteiger partial charge in [0.15, 0.2) is 0 Å². The van der Waals surface area contributed by atoms with E-state index in [1.54, 1.807) is 12.3 Å². The summed E-state index contributed by atoms with van der Waals surface area (Å²) in [5, 5.41) is 3.01. The molecule has 2 rings (SSSR count). The molecule has 6 heteroatoms. The highest BCUT2D eigenvalue weighted by molar-refractivity contribution is 5.99. The lowest BCUT2D eigenvalue weighted by molar-refractivity contribution is 0.0136. The Morgan fingerprint density at radius 2 is 2.37 bits per heavy atom. The van der Waals surface area contributed by atoms with Gasteiger partial charge in [0.25, 0.3) is 5.91 Å². The van der Waals surface area contributed by atoms with Crippen LogP contribution in [-0.4, -0.2) is 29.6 Å². The first-order valence-corrected chi connectivity index (χ1v) is 6.46. The molecule has 1 fully saturated rings. The summed E-state index contributed by atoms with van der Waals surface area (Å²) in [6, 6.07) is 1.89. The summed E-state index contributed by atoms with van der Waals surface area (Å²) in [4.78, 5) is 16.4. The van der Waals surface area contributed by atoms with Crippen molar-refractivity contribution in [2.24, 2.45) is 5.84 Å². The van der Waals surface area contributed by atoms with E-state index in [9.17, 15) is 4.79 Å². The van der Waals surface area contributed by atoms with Crippen molar-refractivity contribution in [1.82, 2.24) is 10.3 Å². The monoisotopic (exact) mass is 264 g/mol. The maximum atomic E-state index is 12.2. The van der Waals surface area contributed by atoms with E-state index >= 15 is 0 Å². The number of nitrogens with two attached hydrogens (primary N) is 1. The number of rotatable bonds is 3. The highest BCUT2D eigenvalue weighted by Crippen LogP contribution is 2.17. The van der Waals surface area contributed by atoms with Gasteiger partial charge in [0.2, 0.25) is 0 Å². The van der Waals surface area contributed by atoms with Crippen LogP contribution in [0, 0.1) is 6.92 Å². The molecular weight excluding hydrogens is 244 g/mol. The molecule has 1 aromatic rings. The van der Waals surface area contributed by atoms with Crippen molar-refractivity contribution in [3.63, 3.8) is 0 Å². The number of carbonyl (C=O) groups is 1. The van der Waals surface area contributed by atoms with E-state index in [0.717, 1.165) is 18.5 Å². The van der Waals surface area contributed by atoms with E-state index in [-0.39, 0.29) is 18.1 Å². The van der Waals surface area contributed by atoms with Crippen molar-refractivity contribution < 1.29 is 9.53 Å². The Kier molecular flexibility index (Phi) is 4.34. The number of pyridine rings is 1. The standard InChI is InChI=1S/C13H20N4O2/c1-8-5-12(17-14)11(7-15-8)13(18)16-10-3-4-19-9(2)6-10/h5,7,9-10H,3-4,6,14H2,1-2H3,(H,15,17)(H,16,18). The van der Waals surface area contributed by atoms with Gasteiger partial charge in [0.05, 0.1) is 17.4 Å². The molecule has 1 amide bonds. The van der Waals surface area contributed by atoms with Crippen LogP contribution in [0.25, 0.3) is 0 Å². The molecule has 0 spiro atoms. The molecule has 0 aliphatic carbocycles. The molecule has 0 saturated carbocycles. The number of hydrogen-bond donors (Lipinski definition) is 3. The van der Waals surface area contributed by atoms with Crippen LogP contribution in [0.2, 0.25) is 0 Å². The Balaban J connectivity index is 2.07. The Hall–Kier alpha value is -1.66. The summed E-state index contributed by atoms with van der Waals surface area (Å²) in [5.74, 6) is 5.28. The predicted octanol–water partition coefficient (Wildman–Crippen LogP) is 0.973. The minimum absolute atomic E-state index is 0.142. The van der Waals surface area contributed by atoms with Crippen LogP contribution >= 0.6 is 0 Å². The SMILES string of the molecule is Cc1cc(NN)c(C(=O)NC2CCOC(C)C2)cn1. The third kappa shape index (κ3) is 3.42. The molecule has 0 radical (unpaired) electrons. The van der Waals surface area contributed by atoms with Gasteiger partial charge in [-0.2, -0.15) is 0 Å². The van der Waals surface area contributed by atoms with Gasteiger partial charge < -0.3 is 15.5 Å². The molecule has 19 heavy (non-hydrogen) atoms. The summed E-state index contributed by atoms with van der Waals surface area (Å²) in [6.45, 7) is 4.54. The smallest absolute Gasteiger partial charge is 0.255 e. The van der Waals surface area contributed by atoms with E-state index in [4.69, 9.17) is 10.6 Å². The number of anilines is 1. The Morgan fingerprint density at radius 1 is 1.58 bits per heavy atom. The lowest BCUT2D eigenvalue weighted by Crippen LogP contribution is -2.41. The average Bonchev–Trinajstić information content (AvgIpc) is 2.38. The number of aromatic nitrogens is 1. The number of ether oxygens (including phenoxy) is 1. The fourth-order valence-electron chi connectivity index (χ4n) is 2.25.